The van der Waals surface area contributed by atoms with Gasteiger partial charge < -0.3 is 4.57 Å². The highest BCUT2D eigenvalue weighted by Gasteiger charge is 2.17. The van der Waals surface area contributed by atoms with E-state index in [0.717, 1.165) is 49.7 Å². The Morgan fingerprint density at radius 2 is 1.27 bits per heavy atom. The first kappa shape index (κ1) is 21.7. The number of nitrogens with zero attached hydrogens (tertiary/aromatic N) is 6. The second-order valence-corrected chi connectivity index (χ2v) is 8.49. The molecule has 0 saturated carbocycles. The van der Waals surface area contributed by atoms with Crippen molar-refractivity contribution in [1.29, 1.82) is 15.8 Å². The standard InChI is InChI=1S/C31H16N6/c32-15-22-5-1-2-6-25(22)21-9-11-27-26-7-3-4-8-29(26)37(30(27)14-21)28-12-10-20(13-23(28)16-33)24-18-35-31(17-34)36-19-24/h1-14,18-19H. The maximum atomic E-state index is 10.1. The van der Waals surface area contributed by atoms with Crippen LogP contribution in [-0.4, -0.2) is 14.5 Å². The molecule has 6 rings (SSSR count). The van der Waals surface area contributed by atoms with Gasteiger partial charge in [0.1, 0.15) is 12.1 Å². The van der Waals surface area contributed by atoms with Crippen molar-refractivity contribution >= 4 is 21.8 Å². The Morgan fingerprint density at radius 1 is 0.568 bits per heavy atom. The molecule has 37 heavy (non-hydrogen) atoms. The summed E-state index contributed by atoms with van der Waals surface area (Å²) in [5.74, 6) is 0.0972. The molecule has 0 amide bonds. The predicted molar refractivity (Wildman–Crippen MR) is 141 cm³/mol. The summed E-state index contributed by atoms with van der Waals surface area (Å²) in [7, 11) is 0. The van der Waals surface area contributed by atoms with Crippen LogP contribution in [0, 0.1) is 34.0 Å². The van der Waals surface area contributed by atoms with E-state index in [1.807, 2.05) is 72.8 Å². The second-order valence-electron chi connectivity index (χ2n) is 8.49. The molecule has 0 spiro atoms. The quantitative estimate of drug-likeness (QED) is 0.292. The van der Waals surface area contributed by atoms with Crippen molar-refractivity contribution in [1.82, 2.24) is 14.5 Å². The molecular formula is C31H16N6. The first-order chi connectivity index (χ1) is 18.2. The Morgan fingerprint density at radius 3 is 2.05 bits per heavy atom. The summed E-state index contributed by atoms with van der Waals surface area (Å²) in [5.41, 5.74) is 7.07. The first-order valence-electron chi connectivity index (χ1n) is 11.5. The molecule has 0 saturated heterocycles. The van der Waals surface area contributed by atoms with Gasteiger partial charge in [0.2, 0.25) is 5.82 Å². The van der Waals surface area contributed by atoms with Crippen molar-refractivity contribution in [3.8, 4) is 46.1 Å². The normalized spacial score (nSPS) is 10.6. The van der Waals surface area contributed by atoms with E-state index >= 15 is 0 Å². The maximum Gasteiger partial charge on any atom is 0.232 e. The minimum Gasteiger partial charge on any atom is -0.308 e. The van der Waals surface area contributed by atoms with Gasteiger partial charge in [-0.1, -0.05) is 54.6 Å². The van der Waals surface area contributed by atoms with E-state index in [4.69, 9.17) is 5.26 Å². The van der Waals surface area contributed by atoms with Crippen LogP contribution in [0.4, 0.5) is 0 Å². The lowest BCUT2D eigenvalue weighted by atomic mass is 9.99. The lowest BCUT2D eigenvalue weighted by Crippen LogP contribution is -1.98. The Bertz CT molecular complexity index is 1960. The van der Waals surface area contributed by atoms with Crippen LogP contribution in [-0.2, 0) is 0 Å². The Hall–Kier alpha value is -5.77. The number of hydrogen-bond acceptors (Lipinski definition) is 5. The fraction of sp³-hybridized carbons (Fsp3) is 0. The predicted octanol–water partition coefficient (Wildman–Crippen LogP) is 6.52. The minimum absolute atomic E-state index is 0.0972. The zero-order valence-electron chi connectivity index (χ0n) is 19.4. The molecule has 0 aliphatic rings. The Labute approximate surface area is 212 Å². The van der Waals surface area contributed by atoms with Crippen molar-refractivity contribution < 1.29 is 0 Å². The van der Waals surface area contributed by atoms with Crippen LogP contribution in [0.2, 0.25) is 0 Å². The Kier molecular flexibility index (Phi) is 5.16. The van der Waals surface area contributed by atoms with Crippen LogP contribution in [0.15, 0.2) is 97.3 Å². The van der Waals surface area contributed by atoms with Gasteiger partial charge in [0.15, 0.2) is 0 Å². The molecule has 170 valence electrons. The van der Waals surface area contributed by atoms with Crippen molar-refractivity contribution in [3.63, 3.8) is 0 Å². The molecule has 0 N–H and O–H groups in total. The van der Waals surface area contributed by atoms with Crippen LogP contribution >= 0.6 is 0 Å². The van der Waals surface area contributed by atoms with Gasteiger partial charge in [0.05, 0.1) is 33.9 Å². The number of para-hydroxylation sites is 1. The lowest BCUT2D eigenvalue weighted by molar-refractivity contribution is 1.11. The van der Waals surface area contributed by atoms with Crippen molar-refractivity contribution in [2.75, 3.05) is 0 Å². The van der Waals surface area contributed by atoms with Gasteiger partial charge in [-0.2, -0.15) is 15.8 Å². The molecule has 0 unspecified atom stereocenters. The molecule has 0 bridgehead atoms. The van der Waals surface area contributed by atoms with E-state index in [0.29, 0.717) is 11.1 Å². The Balaban J connectivity index is 1.60. The van der Waals surface area contributed by atoms with Crippen LogP contribution in [0.5, 0.6) is 0 Å². The van der Waals surface area contributed by atoms with Gasteiger partial charge >= 0.3 is 0 Å². The molecule has 0 fully saturated rings. The number of fused-ring (bicyclic) bond motifs is 3. The van der Waals surface area contributed by atoms with E-state index in [1.54, 1.807) is 12.4 Å². The summed E-state index contributed by atoms with van der Waals surface area (Å²) in [5, 5.41) is 30.9. The number of hydrogen-bond donors (Lipinski definition) is 0. The van der Waals surface area contributed by atoms with Gasteiger partial charge in [-0.25, -0.2) is 9.97 Å². The van der Waals surface area contributed by atoms with Crippen LogP contribution in [0.25, 0.3) is 49.7 Å². The highest BCUT2D eigenvalue weighted by atomic mass is 15.0. The molecule has 6 aromatic rings. The summed E-state index contributed by atoms with van der Waals surface area (Å²) < 4.78 is 2.10. The summed E-state index contributed by atoms with van der Waals surface area (Å²) in [4.78, 5) is 8.11. The third-order valence-corrected chi connectivity index (χ3v) is 6.48. The SMILES string of the molecule is N#Cc1ncc(-c2ccc(-n3c4ccccc4c4ccc(-c5ccccc5C#N)cc43)c(C#N)c2)cn1. The van der Waals surface area contributed by atoms with E-state index in [9.17, 15) is 10.5 Å². The molecule has 2 heterocycles. The third kappa shape index (κ3) is 3.56. The van der Waals surface area contributed by atoms with E-state index in [1.165, 1.54) is 0 Å². The fourth-order valence-electron chi connectivity index (χ4n) is 4.76. The van der Waals surface area contributed by atoms with Crippen LogP contribution < -0.4 is 0 Å². The maximum absolute atomic E-state index is 10.1. The van der Waals surface area contributed by atoms with Crippen molar-refractivity contribution in [2.24, 2.45) is 0 Å². The molecule has 0 radical (unpaired) electrons. The van der Waals surface area contributed by atoms with E-state index in [2.05, 4.69) is 44.9 Å². The highest BCUT2D eigenvalue weighted by molar-refractivity contribution is 6.10. The summed E-state index contributed by atoms with van der Waals surface area (Å²) >= 11 is 0. The van der Waals surface area contributed by atoms with Gasteiger partial charge in [-0.3, -0.25) is 0 Å². The zero-order chi connectivity index (χ0) is 25.4. The first-order valence-corrected chi connectivity index (χ1v) is 11.5. The third-order valence-electron chi connectivity index (χ3n) is 6.48. The van der Waals surface area contributed by atoms with Crippen LogP contribution in [0.1, 0.15) is 17.0 Å². The second kappa shape index (κ2) is 8.78. The molecule has 6 nitrogen and oxygen atoms in total. The number of nitriles is 3. The molecular weight excluding hydrogens is 456 g/mol. The lowest BCUT2D eigenvalue weighted by Gasteiger charge is -2.12. The number of rotatable bonds is 3. The van der Waals surface area contributed by atoms with Gasteiger partial charge in [0.25, 0.3) is 0 Å². The highest BCUT2D eigenvalue weighted by Crippen LogP contribution is 2.36. The van der Waals surface area contributed by atoms with Gasteiger partial charge in [-0.05, 0) is 47.0 Å². The zero-order valence-corrected chi connectivity index (χ0v) is 19.4. The minimum atomic E-state index is 0.0972. The molecule has 0 atom stereocenters. The van der Waals surface area contributed by atoms with Crippen molar-refractivity contribution in [2.45, 2.75) is 0 Å². The van der Waals surface area contributed by atoms with Gasteiger partial charge in [0, 0.05) is 28.7 Å². The largest absolute Gasteiger partial charge is 0.308 e. The average molecular weight is 473 g/mol. The molecule has 6 heteroatoms. The average Bonchev–Trinajstić information content (AvgIpc) is 3.30. The molecule has 0 aliphatic heterocycles. The summed E-state index contributed by atoms with van der Waals surface area (Å²) in [6.07, 6.45) is 3.17. The fourth-order valence-corrected chi connectivity index (χ4v) is 4.76. The monoisotopic (exact) mass is 472 g/mol. The summed E-state index contributed by atoms with van der Waals surface area (Å²) in [6.45, 7) is 0. The number of aromatic nitrogens is 3. The molecule has 0 aliphatic carbocycles. The van der Waals surface area contributed by atoms with E-state index < -0.39 is 0 Å². The topological polar surface area (TPSA) is 102 Å². The summed E-state index contributed by atoms with van der Waals surface area (Å²) in [6, 6.07) is 34.1. The van der Waals surface area contributed by atoms with Gasteiger partial charge in [-0.15, -0.1) is 0 Å². The van der Waals surface area contributed by atoms with Crippen LogP contribution in [0.3, 0.4) is 0 Å². The number of benzene rings is 4. The van der Waals surface area contributed by atoms with E-state index in [-0.39, 0.29) is 5.82 Å². The van der Waals surface area contributed by atoms with Crippen molar-refractivity contribution in [3.05, 3.63) is 114 Å². The molecule has 4 aromatic carbocycles. The molecule has 2 aromatic heterocycles. The smallest absolute Gasteiger partial charge is 0.232 e.